The lowest BCUT2D eigenvalue weighted by atomic mass is 10.1. The summed E-state index contributed by atoms with van der Waals surface area (Å²) in [7, 11) is 0. The molecule has 134 valence electrons. The maximum Gasteiger partial charge on any atom is 0.259 e. The molecule has 1 unspecified atom stereocenters. The van der Waals surface area contributed by atoms with Crippen LogP contribution in [-0.2, 0) is 11.2 Å². The Kier molecular flexibility index (Phi) is 4.74. The summed E-state index contributed by atoms with van der Waals surface area (Å²) >= 11 is 0. The molecule has 26 heavy (non-hydrogen) atoms. The number of aliphatic imine (C=N–C) groups is 1. The third kappa shape index (κ3) is 3.36. The number of anilines is 1. The SMILES string of the molecule is Cc1ccc(N2C(=O)C(Cc3ccccc3)N=C2N2CCCCC2)cc1. The number of hydrogen-bond acceptors (Lipinski definition) is 3. The number of amides is 1. The molecular formula is C22H25N3O. The lowest BCUT2D eigenvalue weighted by molar-refractivity contribution is -0.118. The van der Waals surface area contributed by atoms with Crippen LogP contribution in [0.5, 0.6) is 0 Å². The average Bonchev–Trinajstić information content (AvgIpc) is 3.00. The topological polar surface area (TPSA) is 35.9 Å². The lowest BCUT2D eigenvalue weighted by Crippen LogP contribution is -2.46. The average molecular weight is 347 g/mol. The minimum absolute atomic E-state index is 0.0817. The van der Waals surface area contributed by atoms with Crippen molar-refractivity contribution in [2.45, 2.75) is 38.6 Å². The number of benzene rings is 2. The fourth-order valence-corrected chi connectivity index (χ4v) is 3.72. The van der Waals surface area contributed by atoms with Gasteiger partial charge in [-0.3, -0.25) is 4.79 Å². The summed E-state index contributed by atoms with van der Waals surface area (Å²) in [6, 6.07) is 18.0. The molecule has 2 heterocycles. The molecule has 2 aliphatic heterocycles. The van der Waals surface area contributed by atoms with Crippen LogP contribution in [0.1, 0.15) is 30.4 Å². The third-order valence-corrected chi connectivity index (χ3v) is 5.18. The quantitative estimate of drug-likeness (QED) is 0.847. The number of nitrogens with zero attached hydrogens (tertiary/aromatic N) is 3. The van der Waals surface area contributed by atoms with Crippen molar-refractivity contribution >= 4 is 17.6 Å². The molecule has 1 saturated heterocycles. The minimum Gasteiger partial charge on any atom is -0.342 e. The van der Waals surface area contributed by atoms with Crippen molar-refractivity contribution in [3.63, 3.8) is 0 Å². The molecule has 4 rings (SSSR count). The van der Waals surface area contributed by atoms with E-state index in [9.17, 15) is 4.79 Å². The maximum atomic E-state index is 13.2. The monoisotopic (exact) mass is 347 g/mol. The van der Waals surface area contributed by atoms with Gasteiger partial charge in [0.05, 0.1) is 5.69 Å². The van der Waals surface area contributed by atoms with E-state index in [1.165, 1.54) is 12.0 Å². The zero-order chi connectivity index (χ0) is 17.9. The lowest BCUT2D eigenvalue weighted by Gasteiger charge is -2.32. The summed E-state index contributed by atoms with van der Waals surface area (Å²) in [5.74, 6) is 0.915. The predicted octanol–water partition coefficient (Wildman–Crippen LogP) is 3.79. The second-order valence-corrected chi connectivity index (χ2v) is 7.19. The van der Waals surface area contributed by atoms with E-state index in [4.69, 9.17) is 4.99 Å². The minimum atomic E-state index is -0.337. The van der Waals surface area contributed by atoms with Crippen LogP contribution in [0.25, 0.3) is 0 Å². The summed E-state index contributed by atoms with van der Waals surface area (Å²) in [4.78, 5) is 22.2. The first-order chi connectivity index (χ1) is 12.7. The van der Waals surface area contributed by atoms with E-state index in [1.807, 2.05) is 35.2 Å². The van der Waals surface area contributed by atoms with Crippen LogP contribution in [-0.4, -0.2) is 35.9 Å². The summed E-state index contributed by atoms with van der Waals surface area (Å²) in [5, 5.41) is 0. The molecule has 0 bridgehead atoms. The molecule has 2 aromatic rings. The van der Waals surface area contributed by atoms with E-state index >= 15 is 0 Å². The van der Waals surface area contributed by atoms with E-state index < -0.39 is 0 Å². The van der Waals surface area contributed by atoms with Gasteiger partial charge in [-0.15, -0.1) is 0 Å². The van der Waals surface area contributed by atoms with Crippen molar-refractivity contribution in [1.29, 1.82) is 0 Å². The van der Waals surface area contributed by atoms with Crippen LogP contribution < -0.4 is 4.90 Å². The van der Waals surface area contributed by atoms with Gasteiger partial charge in [0, 0.05) is 19.5 Å². The highest BCUT2D eigenvalue weighted by Crippen LogP contribution is 2.26. The Balaban J connectivity index is 1.65. The van der Waals surface area contributed by atoms with Crippen LogP contribution in [0.4, 0.5) is 5.69 Å². The Morgan fingerprint density at radius 1 is 0.962 bits per heavy atom. The molecule has 2 aromatic carbocycles. The first kappa shape index (κ1) is 16.8. The number of carbonyl (C=O) groups is 1. The molecule has 4 nitrogen and oxygen atoms in total. The van der Waals surface area contributed by atoms with Crippen LogP contribution >= 0.6 is 0 Å². The Bertz CT molecular complexity index is 792. The largest absolute Gasteiger partial charge is 0.342 e. The summed E-state index contributed by atoms with van der Waals surface area (Å²) < 4.78 is 0. The van der Waals surface area contributed by atoms with Gasteiger partial charge >= 0.3 is 0 Å². The molecule has 1 atom stereocenters. The van der Waals surface area contributed by atoms with Crippen LogP contribution in [0.15, 0.2) is 59.6 Å². The van der Waals surface area contributed by atoms with E-state index in [2.05, 4.69) is 36.1 Å². The Hall–Kier alpha value is -2.62. The van der Waals surface area contributed by atoms with E-state index in [0.717, 1.165) is 43.1 Å². The second kappa shape index (κ2) is 7.32. The van der Waals surface area contributed by atoms with Crippen LogP contribution in [0.3, 0.4) is 0 Å². The maximum absolute atomic E-state index is 13.2. The van der Waals surface area contributed by atoms with Gasteiger partial charge in [-0.25, -0.2) is 9.89 Å². The normalized spacial score (nSPS) is 20.4. The molecule has 1 fully saturated rings. The van der Waals surface area contributed by atoms with E-state index in [0.29, 0.717) is 6.42 Å². The van der Waals surface area contributed by atoms with Gasteiger partial charge in [0.15, 0.2) is 0 Å². The van der Waals surface area contributed by atoms with Crippen molar-refractivity contribution < 1.29 is 4.79 Å². The standard InChI is InChI=1S/C22H25N3O/c1-17-10-12-19(13-11-17)25-21(26)20(16-18-8-4-2-5-9-18)23-22(25)24-14-6-3-7-15-24/h2,4-5,8-13,20H,3,6-7,14-16H2,1H3. The number of likely N-dealkylation sites (tertiary alicyclic amines) is 1. The zero-order valence-corrected chi connectivity index (χ0v) is 15.3. The smallest absolute Gasteiger partial charge is 0.259 e. The third-order valence-electron chi connectivity index (χ3n) is 5.18. The van der Waals surface area contributed by atoms with Crippen LogP contribution in [0, 0.1) is 6.92 Å². The van der Waals surface area contributed by atoms with Gasteiger partial charge in [0.25, 0.3) is 5.91 Å². The fourth-order valence-electron chi connectivity index (χ4n) is 3.72. The highest BCUT2D eigenvalue weighted by Gasteiger charge is 2.38. The molecule has 1 amide bonds. The number of aryl methyl sites for hydroxylation is 1. The molecule has 0 aromatic heterocycles. The number of hydrogen-bond donors (Lipinski definition) is 0. The molecule has 0 saturated carbocycles. The molecule has 0 radical (unpaired) electrons. The van der Waals surface area contributed by atoms with Gasteiger partial charge in [0.2, 0.25) is 5.96 Å². The number of piperidine rings is 1. The van der Waals surface area contributed by atoms with Crippen molar-refractivity contribution in [2.24, 2.45) is 4.99 Å². The molecule has 0 N–H and O–H groups in total. The van der Waals surface area contributed by atoms with Crippen molar-refractivity contribution in [3.8, 4) is 0 Å². The van der Waals surface area contributed by atoms with Crippen molar-refractivity contribution in [1.82, 2.24) is 4.90 Å². The second-order valence-electron chi connectivity index (χ2n) is 7.19. The van der Waals surface area contributed by atoms with E-state index in [-0.39, 0.29) is 11.9 Å². The Morgan fingerprint density at radius 2 is 1.65 bits per heavy atom. The molecule has 2 aliphatic rings. The highest BCUT2D eigenvalue weighted by molar-refractivity contribution is 6.22. The summed E-state index contributed by atoms with van der Waals surface area (Å²) in [5.41, 5.74) is 3.26. The molecule has 0 spiro atoms. The highest BCUT2D eigenvalue weighted by atomic mass is 16.2. The molecule has 0 aliphatic carbocycles. The van der Waals surface area contributed by atoms with Crippen LogP contribution in [0.2, 0.25) is 0 Å². The Morgan fingerprint density at radius 3 is 2.35 bits per heavy atom. The number of carbonyl (C=O) groups excluding carboxylic acids is 1. The van der Waals surface area contributed by atoms with Gasteiger partial charge in [-0.1, -0.05) is 48.0 Å². The first-order valence-electron chi connectivity index (χ1n) is 9.50. The van der Waals surface area contributed by atoms with Gasteiger partial charge < -0.3 is 4.90 Å². The van der Waals surface area contributed by atoms with Crippen molar-refractivity contribution in [3.05, 3.63) is 65.7 Å². The molecular weight excluding hydrogens is 322 g/mol. The Labute approximate surface area is 155 Å². The molecule has 4 heteroatoms. The van der Waals surface area contributed by atoms with Gasteiger partial charge in [-0.2, -0.15) is 0 Å². The van der Waals surface area contributed by atoms with Gasteiger partial charge in [0.1, 0.15) is 6.04 Å². The first-order valence-corrected chi connectivity index (χ1v) is 9.50. The van der Waals surface area contributed by atoms with Gasteiger partial charge in [-0.05, 0) is 43.9 Å². The van der Waals surface area contributed by atoms with Crippen molar-refractivity contribution in [2.75, 3.05) is 18.0 Å². The summed E-state index contributed by atoms with van der Waals surface area (Å²) in [6.45, 7) is 4.02. The number of guanidine groups is 1. The fraction of sp³-hybridized carbons (Fsp3) is 0.364. The van der Waals surface area contributed by atoms with E-state index in [1.54, 1.807) is 0 Å². The predicted molar refractivity (Wildman–Crippen MR) is 105 cm³/mol. The summed E-state index contributed by atoms with van der Waals surface area (Å²) in [6.07, 6.45) is 4.24. The zero-order valence-electron chi connectivity index (χ0n) is 15.3. The number of rotatable bonds is 3.